The number of carbonyl (C=O) groups excluding carboxylic acids is 1. The Labute approximate surface area is 176 Å². The highest BCUT2D eigenvalue weighted by atomic mass is 32.2. The first-order chi connectivity index (χ1) is 14.4. The molecule has 0 spiro atoms. The first-order valence-corrected chi connectivity index (χ1v) is 10.8. The van der Waals surface area contributed by atoms with Gasteiger partial charge >= 0.3 is 0 Å². The molecule has 1 N–H and O–H groups in total. The summed E-state index contributed by atoms with van der Waals surface area (Å²) in [6.07, 6.45) is 1.46. The van der Waals surface area contributed by atoms with E-state index in [0.717, 1.165) is 5.69 Å². The van der Waals surface area contributed by atoms with Crippen LogP contribution in [0.4, 0.5) is 11.4 Å². The van der Waals surface area contributed by atoms with Crippen LogP contribution in [0.25, 0.3) is 0 Å². The van der Waals surface area contributed by atoms with Crippen LogP contribution in [0.15, 0.2) is 71.8 Å². The molecular formula is C22H23N3O4S. The Kier molecular flexibility index (Phi) is 6.37. The van der Waals surface area contributed by atoms with Crippen molar-refractivity contribution < 1.29 is 17.9 Å². The number of nitrogens with one attached hydrogen (secondary N) is 1. The minimum Gasteiger partial charge on any atom is -0.495 e. The SMILES string of the molecule is CCN(c1ccccc1)S(=O)(=O)c1ccc(OC)c(NC(=O)c2ccc(C)nc2)c1. The Bertz CT molecular complexity index is 1130. The summed E-state index contributed by atoms with van der Waals surface area (Å²) in [7, 11) is -2.39. The third kappa shape index (κ3) is 4.44. The molecule has 2 aromatic carbocycles. The average Bonchev–Trinajstić information content (AvgIpc) is 2.75. The van der Waals surface area contributed by atoms with Crippen LogP contribution in [-0.2, 0) is 10.0 Å². The van der Waals surface area contributed by atoms with E-state index >= 15 is 0 Å². The molecular weight excluding hydrogens is 402 g/mol. The van der Waals surface area contributed by atoms with E-state index in [1.54, 1.807) is 43.3 Å². The minimum absolute atomic E-state index is 0.0475. The summed E-state index contributed by atoms with van der Waals surface area (Å²) in [6.45, 7) is 3.85. The number of hydrogen-bond donors (Lipinski definition) is 1. The third-order valence-corrected chi connectivity index (χ3v) is 6.41. The maximum Gasteiger partial charge on any atom is 0.264 e. The number of hydrogen-bond acceptors (Lipinski definition) is 5. The van der Waals surface area contributed by atoms with Gasteiger partial charge in [0.05, 0.1) is 28.9 Å². The van der Waals surface area contributed by atoms with Crippen molar-refractivity contribution in [3.05, 3.63) is 78.1 Å². The number of nitrogens with zero attached hydrogens (tertiary/aromatic N) is 2. The molecule has 1 aromatic heterocycles. The van der Waals surface area contributed by atoms with Crippen molar-refractivity contribution in [1.29, 1.82) is 0 Å². The first kappa shape index (κ1) is 21.3. The van der Waals surface area contributed by atoms with Crippen LogP contribution in [0.2, 0.25) is 0 Å². The Hall–Kier alpha value is -3.39. The van der Waals surface area contributed by atoms with Crippen molar-refractivity contribution in [2.75, 3.05) is 23.3 Å². The van der Waals surface area contributed by atoms with Gasteiger partial charge in [0.25, 0.3) is 15.9 Å². The van der Waals surface area contributed by atoms with Crippen LogP contribution < -0.4 is 14.4 Å². The molecule has 0 bridgehead atoms. The second kappa shape index (κ2) is 8.96. The van der Waals surface area contributed by atoms with Crippen LogP contribution >= 0.6 is 0 Å². The fraction of sp³-hybridized carbons (Fsp3) is 0.182. The summed E-state index contributed by atoms with van der Waals surface area (Å²) >= 11 is 0. The number of rotatable bonds is 7. The highest BCUT2D eigenvalue weighted by Crippen LogP contribution is 2.31. The van der Waals surface area contributed by atoms with Crippen molar-refractivity contribution in [2.45, 2.75) is 18.7 Å². The standard InChI is InChI=1S/C22H23N3O4S/c1-4-25(18-8-6-5-7-9-18)30(27,28)19-12-13-21(29-3)20(14-19)24-22(26)17-11-10-16(2)23-15-17/h5-15H,4H2,1-3H3,(H,24,26). The number of sulfonamides is 1. The number of carbonyl (C=O) groups is 1. The largest absolute Gasteiger partial charge is 0.495 e. The molecule has 30 heavy (non-hydrogen) atoms. The van der Waals surface area contributed by atoms with Gasteiger partial charge in [-0.3, -0.25) is 14.1 Å². The van der Waals surface area contributed by atoms with Crippen LogP contribution in [0.3, 0.4) is 0 Å². The van der Waals surface area contributed by atoms with Crippen molar-refractivity contribution in [2.24, 2.45) is 0 Å². The monoisotopic (exact) mass is 425 g/mol. The lowest BCUT2D eigenvalue weighted by molar-refractivity contribution is 0.102. The number of benzene rings is 2. The van der Waals surface area contributed by atoms with E-state index in [-0.39, 0.29) is 17.1 Å². The van der Waals surface area contributed by atoms with Gasteiger partial charge in [-0.15, -0.1) is 0 Å². The zero-order valence-electron chi connectivity index (χ0n) is 17.0. The minimum atomic E-state index is -3.84. The van der Waals surface area contributed by atoms with E-state index < -0.39 is 15.9 Å². The van der Waals surface area contributed by atoms with E-state index in [1.165, 1.54) is 35.8 Å². The van der Waals surface area contributed by atoms with E-state index in [0.29, 0.717) is 17.0 Å². The van der Waals surface area contributed by atoms with Crippen molar-refractivity contribution in [1.82, 2.24) is 4.98 Å². The Balaban J connectivity index is 1.97. The molecule has 8 heteroatoms. The number of aryl methyl sites for hydroxylation is 1. The van der Waals surface area contributed by atoms with E-state index in [4.69, 9.17) is 4.74 Å². The number of ether oxygens (including phenoxy) is 1. The molecule has 0 saturated carbocycles. The molecule has 1 amide bonds. The highest BCUT2D eigenvalue weighted by molar-refractivity contribution is 7.92. The molecule has 1 heterocycles. The zero-order chi connectivity index (χ0) is 21.7. The number of anilines is 2. The molecule has 3 aromatic rings. The summed E-state index contributed by atoms with van der Waals surface area (Å²) in [6, 6.07) is 16.6. The first-order valence-electron chi connectivity index (χ1n) is 9.36. The topological polar surface area (TPSA) is 88.6 Å². The summed E-state index contributed by atoms with van der Waals surface area (Å²) < 4.78 is 33.2. The molecule has 0 saturated heterocycles. The van der Waals surface area contributed by atoms with Crippen molar-refractivity contribution in [3.63, 3.8) is 0 Å². The quantitative estimate of drug-likeness (QED) is 0.621. The molecule has 0 aliphatic heterocycles. The van der Waals surface area contributed by atoms with Gasteiger partial charge in [0, 0.05) is 18.4 Å². The maximum absolute atomic E-state index is 13.3. The van der Waals surface area contributed by atoms with Gasteiger partial charge in [0.15, 0.2) is 0 Å². The summed E-state index contributed by atoms with van der Waals surface area (Å²) in [4.78, 5) is 16.8. The fourth-order valence-corrected chi connectivity index (χ4v) is 4.46. The molecule has 0 aliphatic rings. The molecule has 3 rings (SSSR count). The second-order valence-electron chi connectivity index (χ2n) is 6.51. The lowest BCUT2D eigenvalue weighted by Crippen LogP contribution is -2.30. The van der Waals surface area contributed by atoms with E-state index in [9.17, 15) is 13.2 Å². The van der Waals surface area contributed by atoms with Gasteiger partial charge < -0.3 is 10.1 Å². The fourth-order valence-electron chi connectivity index (χ4n) is 2.95. The molecule has 0 radical (unpaired) electrons. The predicted octanol–water partition coefficient (Wildman–Crippen LogP) is 3.87. The number of amides is 1. The average molecular weight is 426 g/mol. The maximum atomic E-state index is 13.3. The highest BCUT2D eigenvalue weighted by Gasteiger charge is 2.25. The van der Waals surface area contributed by atoms with E-state index in [2.05, 4.69) is 10.3 Å². The third-order valence-electron chi connectivity index (χ3n) is 4.51. The number of para-hydroxylation sites is 1. The molecule has 0 unspecified atom stereocenters. The van der Waals surface area contributed by atoms with Gasteiger partial charge in [-0.05, 0) is 56.3 Å². The zero-order valence-corrected chi connectivity index (χ0v) is 17.8. The van der Waals surface area contributed by atoms with Crippen molar-refractivity contribution >= 4 is 27.3 Å². The van der Waals surface area contributed by atoms with Crippen molar-refractivity contribution in [3.8, 4) is 5.75 Å². The van der Waals surface area contributed by atoms with E-state index in [1.807, 2.05) is 13.0 Å². The number of aromatic nitrogens is 1. The summed E-state index contributed by atoms with van der Waals surface area (Å²) in [5.74, 6) is -0.0594. The smallest absolute Gasteiger partial charge is 0.264 e. The molecule has 7 nitrogen and oxygen atoms in total. The Morgan fingerprint density at radius 2 is 1.83 bits per heavy atom. The molecule has 156 valence electrons. The molecule has 0 aliphatic carbocycles. The van der Waals surface area contributed by atoms with Crippen LogP contribution in [0.1, 0.15) is 23.0 Å². The van der Waals surface area contributed by atoms with Gasteiger partial charge in [-0.1, -0.05) is 18.2 Å². The lowest BCUT2D eigenvalue weighted by atomic mass is 10.2. The molecule has 0 atom stereocenters. The number of pyridine rings is 1. The van der Waals surface area contributed by atoms with Crippen LogP contribution in [0, 0.1) is 6.92 Å². The van der Waals surface area contributed by atoms with Gasteiger partial charge in [-0.2, -0.15) is 0 Å². The Morgan fingerprint density at radius 3 is 2.43 bits per heavy atom. The van der Waals surface area contributed by atoms with Gasteiger partial charge in [-0.25, -0.2) is 8.42 Å². The Morgan fingerprint density at radius 1 is 1.10 bits per heavy atom. The van der Waals surface area contributed by atoms with Crippen LogP contribution in [-0.4, -0.2) is 33.0 Å². The summed E-state index contributed by atoms with van der Waals surface area (Å²) in [5.41, 5.74) is 1.97. The summed E-state index contributed by atoms with van der Waals surface area (Å²) in [5, 5.41) is 2.72. The lowest BCUT2D eigenvalue weighted by Gasteiger charge is -2.23. The second-order valence-corrected chi connectivity index (χ2v) is 8.37. The van der Waals surface area contributed by atoms with Gasteiger partial charge in [0.2, 0.25) is 0 Å². The molecule has 0 fully saturated rings. The number of methoxy groups -OCH3 is 1. The predicted molar refractivity (Wildman–Crippen MR) is 117 cm³/mol. The van der Waals surface area contributed by atoms with Crippen LogP contribution in [0.5, 0.6) is 5.75 Å². The normalized spacial score (nSPS) is 11.0. The van der Waals surface area contributed by atoms with Gasteiger partial charge in [0.1, 0.15) is 5.75 Å².